The molecular weight excluding hydrogens is 391 g/mol. The van der Waals surface area contributed by atoms with Gasteiger partial charge in [-0.2, -0.15) is 18.2 Å². The third-order valence-corrected chi connectivity index (χ3v) is 4.84. The van der Waals surface area contributed by atoms with Gasteiger partial charge in [-0.25, -0.2) is 8.78 Å². The number of nitrogens with zero attached hydrogens (tertiary/aromatic N) is 1. The summed E-state index contributed by atoms with van der Waals surface area (Å²) < 4.78 is 72.0. The minimum atomic E-state index is -4.60. The first-order chi connectivity index (χ1) is 13.3. The summed E-state index contributed by atoms with van der Waals surface area (Å²) in [6, 6.07) is 0. The number of ether oxygens (including phenoxy) is 1. The predicted octanol–water partition coefficient (Wildman–Crippen LogP) is 6.87. The van der Waals surface area contributed by atoms with Crippen LogP contribution in [-0.2, 0) is 4.74 Å². The van der Waals surface area contributed by atoms with Crippen LogP contribution in [0.15, 0.2) is 28.0 Å². The maximum Gasteiger partial charge on any atom is 0.421 e. The number of methoxy groups -OCH3 is 1. The molecule has 0 aliphatic rings. The highest BCUT2D eigenvalue weighted by molar-refractivity contribution is 5.95. The highest BCUT2D eigenvalue weighted by atomic mass is 19.4. The summed E-state index contributed by atoms with van der Waals surface area (Å²) in [5, 5.41) is 3.06. The van der Waals surface area contributed by atoms with Crippen LogP contribution in [0.2, 0.25) is 0 Å². The molecule has 1 N–H and O–H groups in total. The maximum absolute atomic E-state index is 13.8. The molecule has 170 valence electrons. The second-order valence-electron chi connectivity index (χ2n) is 7.49. The van der Waals surface area contributed by atoms with Crippen molar-refractivity contribution in [2.24, 2.45) is 16.8 Å². The van der Waals surface area contributed by atoms with Gasteiger partial charge in [0.15, 0.2) is 0 Å². The number of aliphatic imine (C=N–C) groups is 1. The number of alkyl halides is 5. The maximum atomic E-state index is 13.8. The summed E-state index contributed by atoms with van der Waals surface area (Å²) in [4.78, 5) is 4.04. The van der Waals surface area contributed by atoms with E-state index in [0.717, 1.165) is 26.0 Å². The molecule has 2 atom stereocenters. The monoisotopic (exact) mass is 426 g/mol. The van der Waals surface area contributed by atoms with Crippen LogP contribution in [-0.4, -0.2) is 31.7 Å². The quantitative estimate of drug-likeness (QED) is 0.222. The zero-order valence-electron chi connectivity index (χ0n) is 18.5. The first kappa shape index (κ1) is 27.4. The van der Waals surface area contributed by atoms with Gasteiger partial charge in [0.1, 0.15) is 11.4 Å². The van der Waals surface area contributed by atoms with Gasteiger partial charge in [-0.3, -0.25) is 0 Å². The Kier molecular flexibility index (Phi) is 11.5. The van der Waals surface area contributed by atoms with Crippen molar-refractivity contribution in [1.29, 1.82) is 0 Å². The summed E-state index contributed by atoms with van der Waals surface area (Å²) in [6.45, 7) is 10.3. The van der Waals surface area contributed by atoms with Gasteiger partial charge in [0.2, 0.25) is 11.8 Å². The van der Waals surface area contributed by atoms with Crippen LogP contribution in [0.25, 0.3) is 0 Å². The Morgan fingerprint density at radius 2 is 1.72 bits per heavy atom. The SMILES string of the molecule is C/C=C(\C(=NC(NCC(CCC)C(C)CC(F)(F)CC)=C(C)C)OC)C(F)(F)F. The average molecular weight is 427 g/mol. The molecular formula is C21H35F5N2O. The van der Waals surface area contributed by atoms with E-state index in [9.17, 15) is 22.0 Å². The fraction of sp³-hybridized carbons (Fsp3) is 0.762. The smallest absolute Gasteiger partial charge is 0.421 e. The van der Waals surface area contributed by atoms with Crippen molar-refractivity contribution in [3.8, 4) is 0 Å². The molecule has 0 radical (unpaired) electrons. The van der Waals surface area contributed by atoms with Gasteiger partial charge < -0.3 is 10.1 Å². The Hall–Kier alpha value is -1.60. The van der Waals surface area contributed by atoms with Crippen molar-refractivity contribution in [3.63, 3.8) is 0 Å². The van der Waals surface area contributed by atoms with Crippen molar-refractivity contribution < 1.29 is 26.7 Å². The van der Waals surface area contributed by atoms with Crippen molar-refractivity contribution in [2.45, 2.75) is 79.3 Å². The fourth-order valence-electron chi connectivity index (χ4n) is 3.02. The highest BCUT2D eigenvalue weighted by Gasteiger charge is 2.37. The van der Waals surface area contributed by atoms with E-state index in [1.165, 1.54) is 13.8 Å². The van der Waals surface area contributed by atoms with Crippen LogP contribution >= 0.6 is 0 Å². The molecule has 8 heteroatoms. The van der Waals surface area contributed by atoms with E-state index in [0.29, 0.717) is 12.1 Å². The molecule has 0 aromatic rings. The summed E-state index contributed by atoms with van der Waals surface area (Å²) in [6.07, 6.45) is -2.58. The Bertz CT molecular complexity index is 590. The van der Waals surface area contributed by atoms with Crippen LogP contribution in [0.5, 0.6) is 0 Å². The Labute approximate surface area is 171 Å². The summed E-state index contributed by atoms with van der Waals surface area (Å²) in [7, 11) is 1.13. The number of hydrogen-bond donors (Lipinski definition) is 1. The molecule has 0 aromatic carbocycles. The Balaban J connectivity index is 5.55. The van der Waals surface area contributed by atoms with E-state index in [1.54, 1.807) is 20.8 Å². The topological polar surface area (TPSA) is 33.6 Å². The summed E-state index contributed by atoms with van der Waals surface area (Å²) in [5.74, 6) is -3.32. The summed E-state index contributed by atoms with van der Waals surface area (Å²) in [5.41, 5.74) is -0.305. The lowest BCUT2D eigenvalue weighted by Crippen LogP contribution is -2.31. The number of hydrogen-bond acceptors (Lipinski definition) is 3. The largest absolute Gasteiger partial charge is 0.481 e. The minimum absolute atomic E-state index is 0.0585. The normalized spacial score (nSPS) is 15.7. The van der Waals surface area contributed by atoms with Gasteiger partial charge in [0.05, 0.1) is 7.11 Å². The van der Waals surface area contributed by atoms with Crippen molar-refractivity contribution in [2.75, 3.05) is 13.7 Å². The Morgan fingerprint density at radius 1 is 1.14 bits per heavy atom. The van der Waals surface area contributed by atoms with Crippen molar-refractivity contribution in [1.82, 2.24) is 5.32 Å². The molecule has 0 saturated carbocycles. The molecule has 0 aromatic heterocycles. The number of rotatable bonds is 11. The third-order valence-electron chi connectivity index (χ3n) is 4.84. The second-order valence-corrected chi connectivity index (χ2v) is 7.49. The Morgan fingerprint density at radius 3 is 2.10 bits per heavy atom. The molecule has 0 saturated heterocycles. The van der Waals surface area contributed by atoms with E-state index >= 15 is 0 Å². The predicted molar refractivity (Wildman–Crippen MR) is 108 cm³/mol. The molecule has 0 fully saturated rings. The average Bonchev–Trinajstić information content (AvgIpc) is 2.61. The van der Waals surface area contributed by atoms with Crippen LogP contribution in [0.4, 0.5) is 22.0 Å². The molecule has 0 heterocycles. The first-order valence-corrected chi connectivity index (χ1v) is 9.98. The van der Waals surface area contributed by atoms with Crippen molar-refractivity contribution >= 4 is 5.90 Å². The van der Waals surface area contributed by atoms with E-state index < -0.39 is 23.6 Å². The first-order valence-electron chi connectivity index (χ1n) is 9.98. The van der Waals surface area contributed by atoms with Crippen LogP contribution in [0.1, 0.15) is 67.2 Å². The van der Waals surface area contributed by atoms with E-state index in [-0.39, 0.29) is 30.5 Å². The molecule has 2 unspecified atom stereocenters. The van der Waals surface area contributed by atoms with Crippen LogP contribution < -0.4 is 5.32 Å². The third kappa shape index (κ3) is 9.63. The lowest BCUT2D eigenvalue weighted by molar-refractivity contribution is -0.0877. The highest BCUT2D eigenvalue weighted by Crippen LogP contribution is 2.32. The second kappa shape index (κ2) is 12.2. The lowest BCUT2D eigenvalue weighted by atomic mass is 9.85. The lowest BCUT2D eigenvalue weighted by Gasteiger charge is -2.28. The zero-order chi connectivity index (χ0) is 22.8. The number of allylic oxidation sites excluding steroid dienone is 2. The molecule has 0 aliphatic heterocycles. The molecule has 0 amide bonds. The van der Waals surface area contributed by atoms with Gasteiger partial charge in [-0.15, -0.1) is 0 Å². The number of halogens is 5. The molecule has 29 heavy (non-hydrogen) atoms. The van der Waals surface area contributed by atoms with E-state index in [2.05, 4.69) is 10.3 Å². The summed E-state index contributed by atoms with van der Waals surface area (Å²) >= 11 is 0. The number of nitrogens with one attached hydrogen (secondary N) is 1. The minimum Gasteiger partial charge on any atom is -0.481 e. The van der Waals surface area contributed by atoms with Gasteiger partial charge in [0, 0.05) is 19.4 Å². The van der Waals surface area contributed by atoms with Gasteiger partial charge in [0.25, 0.3) is 0 Å². The van der Waals surface area contributed by atoms with E-state index in [1.807, 2.05) is 6.92 Å². The van der Waals surface area contributed by atoms with Gasteiger partial charge in [-0.1, -0.05) is 33.3 Å². The molecule has 0 spiro atoms. The molecule has 0 bridgehead atoms. The van der Waals surface area contributed by atoms with Gasteiger partial charge >= 0.3 is 6.18 Å². The fourth-order valence-corrected chi connectivity index (χ4v) is 3.02. The zero-order valence-corrected chi connectivity index (χ0v) is 18.5. The van der Waals surface area contributed by atoms with Crippen molar-refractivity contribution in [3.05, 3.63) is 23.0 Å². The van der Waals surface area contributed by atoms with Crippen LogP contribution in [0.3, 0.4) is 0 Å². The van der Waals surface area contributed by atoms with E-state index in [4.69, 9.17) is 4.74 Å². The van der Waals surface area contributed by atoms with Gasteiger partial charge in [-0.05, 0) is 44.6 Å². The van der Waals surface area contributed by atoms with Crippen LogP contribution in [0, 0.1) is 11.8 Å². The standard InChI is InChI=1S/C21H35F5N2O/c1-8-11-16(15(6)12-20(22,23)10-3)13-27-18(14(4)5)28-19(29-7)17(9-2)21(24,25)26/h9,15-16,27H,8,10-13H2,1-7H3/b17-9+,28-19?. The molecule has 3 nitrogen and oxygen atoms in total. The molecule has 0 aliphatic carbocycles. The molecule has 0 rings (SSSR count).